The molecule has 1 saturated heterocycles. The summed E-state index contributed by atoms with van der Waals surface area (Å²) in [5.74, 6) is -2.88. The second-order valence-electron chi connectivity index (χ2n) is 6.15. The molecule has 0 saturated carbocycles. The van der Waals surface area contributed by atoms with Crippen molar-refractivity contribution in [2.75, 3.05) is 6.61 Å². The quantitative estimate of drug-likeness (QED) is 0.568. The van der Waals surface area contributed by atoms with E-state index in [1.807, 2.05) is 5.48 Å². The van der Waals surface area contributed by atoms with Gasteiger partial charge in [-0.15, -0.1) is 0 Å². The molecule has 0 spiro atoms. The van der Waals surface area contributed by atoms with Crippen LogP contribution in [0, 0.1) is 5.92 Å². The Balaban J connectivity index is 2.15. The van der Waals surface area contributed by atoms with Crippen molar-refractivity contribution in [3.05, 3.63) is 30.3 Å². The first-order chi connectivity index (χ1) is 12.2. The molecule has 2 atom stereocenters. The lowest BCUT2D eigenvalue weighted by Crippen LogP contribution is -2.54. The van der Waals surface area contributed by atoms with Crippen LogP contribution in [0.15, 0.2) is 35.2 Å². The zero-order valence-corrected chi connectivity index (χ0v) is 15.2. The molecular formula is C16H21N3O6S. The van der Waals surface area contributed by atoms with Gasteiger partial charge in [0.05, 0.1) is 17.5 Å². The van der Waals surface area contributed by atoms with Crippen LogP contribution in [0.25, 0.3) is 0 Å². The Morgan fingerprint density at radius 2 is 1.88 bits per heavy atom. The van der Waals surface area contributed by atoms with Crippen LogP contribution in [-0.2, 0) is 29.2 Å². The van der Waals surface area contributed by atoms with Crippen molar-refractivity contribution in [3.63, 3.8) is 0 Å². The third-order valence-electron chi connectivity index (χ3n) is 3.81. The third kappa shape index (κ3) is 4.87. The van der Waals surface area contributed by atoms with Crippen molar-refractivity contribution in [3.8, 4) is 0 Å². The van der Waals surface area contributed by atoms with Crippen LogP contribution in [-0.4, -0.2) is 44.7 Å². The summed E-state index contributed by atoms with van der Waals surface area (Å²) < 4.78 is 27.3. The van der Waals surface area contributed by atoms with Crippen molar-refractivity contribution in [1.29, 1.82) is 0 Å². The standard InChI is InChI=1S/C16H21N3O6S/c1-10(2)13(19-26(23,24)11-6-4-3-5-7-11)15(21)17-12-8-9-25-18-16(22)14(12)20/h3-7,10,12-13,19H,8-9H2,1-2H3,(H,17,21)(H,18,22). The highest BCUT2D eigenvalue weighted by molar-refractivity contribution is 7.89. The highest BCUT2D eigenvalue weighted by Gasteiger charge is 2.34. The molecule has 9 nitrogen and oxygen atoms in total. The number of sulfonamides is 1. The molecule has 1 heterocycles. The second-order valence-corrected chi connectivity index (χ2v) is 7.86. The first-order valence-electron chi connectivity index (χ1n) is 8.06. The largest absolute Gasteiger partial charge is 0.344 e. The van der Waals surface area contributed by atoms with Gasteiger partial charge in [0.25, 0.3) is 0 Å². The lowest BCUT2D eigenvalue weighted by atomic mass is 10.0. The molecule has 3 N–H and O–H groups in total. The summed E-state index contributed by atoms with van der Waals surface area (Å²) in [4.78, 5) is 40.8. The molecule has 0 aromatic heterocycles. The van der Waals surface area contributed by atoms with Gasteiger partial charge in [0.15, 0.2) is 0 Å². The van der Waals surface area contributed by atoms with Gasteiger partial charge in [0.2, 0.25) is 21.7 Å². The molecule has 142 valence electrons. The van der Waals surface area contributed by atoms with Gasteiger partial charge in [0, 0.05) is 6.42 Å². The molecule has 2 unspecified atom stereocenters. The second kappa shape index (κ2) is 8.39. The van der Waals surface area contributed by atoms with E-state index in [2.05, 4.69) is 10.0 Å². The zero-order valence-electron chi connectivity index (χ0n) is 14.4. The fourth-order valence-corrected chi connectivity index (χ4v) is 3.72. The van der Waals surface area contributed by atoms with Gasteiger partial charge in [-0.2, -0.15) is 4.72 Å². The van der Waals surface area contributed by atoms with E-state index < -0.39 is 39.7 Å². The Kier molecular flexibility index (Phi) is 6.46. The number of carbonyl (C=O) groups excluding carboxylic acids is 3. The van der Waals surface area contributed by atoms with Crippen LogP contribution in [0.1, 0.15) is 20.3 Å². The molecule has 26 heavy (non-hydrogen) atoms. The van der Waals surface area contributed by atoms with Crippen molar-refractivity contribution < 1.29 is 27.6 Å². The highest BCUT2D eigenvalue weighted by Crippen LogP contribution is 2.12. The van der Waals surface area contributed by atoms with Gasteiger partial charge in [-0.25, -0.2) is 13.9 Å². The smallest absolute Gasteiger partial charge is 0.313 e. The number of rotatable bonds is 6. The van der Waals surface area contributed by atoms with Crippen molar-refractivity contribution in [1.82, 2.24) is 15.5 Å². The summed E-state index contributed by atoms with van der Waals surface area (Å²) in [5, 5.41) is 2.44. The summed E-state index contributed by atoms with van der Waals surface area (Å²) in [5.41, 5.74) is 1.96. The van der Waals surface area contributed by atoms with Gasteiger partial charge >= 0.3 is 5.91 Å². The van der Waals surface area contributed by atoms with E-state index in [1.54, 1.807) is 32.0 Å². The van der Waals surface area contributed by atoms with Gasteiger partial charge in [0.1, 0.15) is 6.04 Å². The fourth-order valence-electron chi connectivity index (χ4n) is 2.36. The van der Waals surface area contributed by atoms with Gasteiger partial charge in [-0.1, -0.05) is 32.0 Å². The minimum absolute atomic E-state index is 0.0248. The van der Waals surface area contributed by atoms with Crippen LogP contribution < -0.4 is 15.5 Å². The average molecular weight is 383 g/mol. The van der Waals surface area contributed by atoms with Gasteiger partial charge in [-0.05, 0) is 18.1 Å². The highest BCUT2D eigenvalue weighted by atomic mass is 32.2. The van der Waals surface area contributed by atoms with Crippen LogP contribution in [0.3, 0.4) is 0 Å². The number of hydrogen-bond donors (Lipinski definition) is 3. The Bertz CT molecular complexity index is 778. The van der Waals surface area contributed by atoms with E-state index in [4.69, 9.17) is 4.84 Å². The topological polar surface area (TPSA) is 131 Å². The maximum absolute atomic E-state index is 12.6. The molecule has 1 aromatic rings. The number of ketones is 1. The SMILES string of the molecule is CC(C)C(NS(=O)(=O)c1ccccc1)C(=O)NC1CCONC(=O)C1=O. The number of hydroxylamine groups is 1. The summed E-state index contributed by atoms with van der Waals surface area (Å²) >= 11 is 0. The minimum atomic E-state index is -3.92. The Morgan fingerprint density at radius 1 is 1.23 bits per heavy atom. The fraction of sp³-hybridized carbons (Fsp3) is 0.438. The van der Waals surface area contributed by atoms with E-state index >= 15 is 0 Å². The number of amides is 2. The first-order valence-corrected chi connectivity index (χ1v) is 9.54. The zero-order chi connectivity index (χ0) is 19.3. The molecule has 0 bridgehead atoms. The maximum Gasteiger partial charge on any atom is 0.313 e. The van der Waals surface area contributed by atoms with Crippen molar-refractivity contribution >= 4 is 27.6 Å². The summed E-state index contributed by atoms with van der Waals surface area (Å²) in [6.45, 7) is 3.38. The number of benzene rings is 1. The summed E-state index contributed by atoms with van der Waals surface area (Å²) in [6, 6.07) is 5.45. The van der Waals surface area contributed by atoms with E-state index in [0.717, 1.165) is 0 Å². The van der Waals surface area contributed by atoms with E-state index in [-0.39, 0.29) is 23.8 Å². The van der Waals surface area contributed by atoms with Crippen LogP contribution in [0.4, 0.5) is 0 Å². The molecular weight excluding hydrogens is 362 g/mol. The predicted molar refractivity (Wildman–Crippen MR) is 91.0 cm³/mol. The Labute approximate surface area is 151 Å². The molecule has 2 rings (SSSR count). The molecule has 1 fully saturated rings. The molecule has 2 amide bonds. The van der Waals surface area contributed by atoms with E-state index in [9.17, 15) is 22.8 Å². The molecule has 0 radical (unpaired) electrons. The van der Waals surface area contributed by atoms with Gasteiger partial charge in [-0.3, -0.25) is 19.2 Å². The first kappa shape index (κ1) is 20.0. The van der Waals surface area contributed by atoms with Crippen molar-refractivity contribution in [2.45, 2.75) is 37.2 Å². The lowest BCUT2D eigenvalue weighted by Gasteiger charge is -2.23. The Morgan fingerprint density at radius 3 is 2.50 bits per heavy atom. The minimum Gasteiger partial charge on any atom is -0.344 e. The predicted octanol–water partition coefficient (Wildman–Crippen LogP) is -0.505. The van der Waals surface area contributed by atoms with E-state index in [1.165, 1.54) is 12.1 Å². The van der Waals surface area contributed by atoms with Crippen LogP contribution in [0.2, 0.25) is 0 Å². The number of carbonyl (C=O) groups is 3. The molecule has 10 heteroatoms. The summed E-state index contributed by atoms with van der Waals surface area (Å²) in [7, 11) is -3.92. The third-order valence-corrected chi connectivity index (χ3v) is 5.27. The number of nitrogens with one attached hydrogen (secondary N) is 3. The van der Waals surface area contributed by atoms with Crippen LogP contribution in [0.5, 0.6) is 0 Å². The van der Waals surface area contributed by atoms with Gasteiger partial charge < -0.3 is 5.32 Å². The maximum atomic E-state index is 12.6. The average Bonchev–Trinajstić information content (AvgIpc) is 2.76. The summed E-state index contributed by atoms with van der Waals surface area (Å²) in [6.07, 6.45) is 0.0968. The van der Waals surface area contributed by atoms with Crippen molar-refractivity contribution in [2.24, 2.45) is 5.92 Å². The molecule has 0 aliphatic carbocycles. The van der Waals surface area contributed by atoms with Crippen LogP contribution >= 0.6 is 0 Å². The number of Topliss-reactive ketones (excluding diaryl/α,β-unsaturated/α-hetero) is 1. The van der Waals surface area contributed by atoms with E-state index in [0.29, 0.717) is 0 Å². The molecule has 1 aliphatic heterocycles. The molecule has 1 aromatic carbocycles. The number of hydrogen-bond acceptors (Lipinski definition) is 6. The molecule has 1 aliphatic rings. The Hall–Kier alpha value is -2.30. The normalized spacial score (nSPS) is 19.6. The lowest BCUT2D eigenvalue weighted by molar-refractivity contribution is -0.144. The monoisotopic (exact) mass is 383 g/mol.